The van der Waals surface area contributed by atoms with Gasteiger partial charge in [0.25, 0.3) is 0 Å². The van der Waals surface area contributed by atoms with E-state index in [4.69, 9.17) is 5.73 Å². The molecule has 4 rings (SSSR count). The average molecular weight is 374 g/mol. The Hall–Kier alpha value is -0.290. The van der Waals surface area contributed by atoms with E-state index in [1.54, 1.807) is 0 Å². The normalized spacial score (nSPS) is 52.7. The van der Waals surface area contributed by atoms with E-state index in [2.05, 4.69) is 6.92 Å². The molecule has 0 radical (unpaired) electrons. The summed E-state index contributed by atoms with van der Waals surface area (Å²) in [6, 6.07) is -1.67. The Morgan fingerprint density at radius 2 is 1.62 bits per heavy atom. The van der Waals surface area contributed by atoms with Crippen LogP contribution in [0.25, 0.3) is 0 Å². The molecule has 3 N–H and O–H groups in total. The first-order valence-corrected chi connectivity index (χ1v) is 10.6. The second-order valence-electron chi connectivity index (χ2n) is 10.5. The van der Waals surface area contributed by atoms with E-state index >= 15 is 0 Å². The first-order chi connectivity index (χ1) is 12.0. The van der Waals surface area contributed by atoms with Gasteiger partial charge in [-0.2, -0.15) is 13.2 Å². The maximum atomic E-state index is 13.3. The number of nitrogens with two attached hydrogens (primary N) is 1. The van der Waals surface area contributed by atoms with Crippen LogP contribution in [0.2, 0.25) is 0 Å². The van der Waals surface area contributed by atoms with E-state index < -0.39 is 23.7 Å². The molecular formula is C21H34F3NO. The average Bonchev–Trinajstić information content (AvgIpc) is 2.89. The summed E-state index contributed by atoms with van der Waals surface area (Å²) in [5, 5.41) is 10.5. The topological polar surface area (TPSA) is 46.2 Å². The minimum Gasteiger partial charge on any atom is -0.390 e. The van der Waals surface area contributed by atoms with Gasteiger partial charge in [-0.15, -0.1) is 0 Å². The maximum absolute atomic E-state index is 13.3. The molecule has 4 fully saturated rings. The lowest BCUT2D eigenvalue weighted by atomic mass is 9.48. The molecule has 0 heterocycles. The standard InChI is InChI=1S/C21H34F3NO/c1-19(26)9-7-13-12(11-19)3-4-15-14(13)8-10-20(2)16(15)5-6-17(20)18(25)21(22,23)24/h12-18,26H,3-11,25H2,1-2H3/t12-,13+,14-,15-,16+,17-,18?,19-,20+/m1/s1. The molecule has 5 heteroatoms. The van der Waals surface area contributed by atoms with Crippen molar-refractivity contribution < 1.29 is 18.3 Å². The number of halogens is 3. The fraction of sp³-hybridized carbons (Fsp3) is 1.00. The summed E-state index contributed by atoms with van der Waals surface area (Å²) in [6.07, 6.45) is 4.37. The monoisotopic (exact) mass is 373 g/mol. The minimum absolute atomic E-state index is 0.247. The van der Waals surface area contributed by atoms with Gasteiger partial charge in [0.05, 0.1) is 5.60 Å². The molecule has 9 atom stereocenters. The van der Waals surface area contributed by atoms with Crippen LogP contribution in [0.4, 0.5) is 13.2 Å². The third-order valence-corrected chi connectivity index (χ3v) is 9.12. The lowest BCUT2D eigenvalue weighted by Crippen LogP contribution is -2.54. The molecule has 4 saturated carbocycles. The summed E-state index contributed by atoms with van der Waals surface area (Å²) in [5.41, 5.74) is 4.93. The number of aliphatic hydroxyl groups is 1. The number of hydrogen-bond donors (Lipinski definition) is 2. The summed E-state index contributed by atoms with van der Waals surface area (Å²) in [4.78, 5) is 0. The van der Waals surface area contributed by atoms with Gasteiger partial charge < -0.3 is 10.8 Å². The molecule has 4 aliphatic carbocycles. The lowest BCUT2D eigenvalue weighted by Gasteiger charge is -2.57. The van der Waals surface area contributed by atoms with Crippen LogP contribution in [0.5, 0.6) is 0 Å². The molecule has 2 nitrogen and oxygen atoms in total. The zero-order valence-electron chi connectivity index (χ0n) is 16.1. The fourth-order valence-electron chi connectivity index (χ4n) is 7.94. The first-order valence-electron chi connectivity index (χ1n) is 10.6. The Kier molecular flexibility index (Phi) is 4.47. The van der Waals surface area contributed by atoms with Gasteiger partial charge in [0.2, 0.25) is 0 Å². The fourth-order valence-corrected chi connectivity index (χ4v) is 7.94. The van der Waals surface area contributed by atoms with Gasteiger partial charge in [0.15, 0.2) is 0 Å². The molecule has 0 aliphatic heterocycles. The first kappa shape index (κ1) is 19.0. The third kappa shape index (κ3) is 2.92. The Morgan fingerprint density at radius 1 is 0.923 bits per heavy atom. The van der Waals surface area contributed by atoms with Crippen molar-refractivity contribution in [2.75, 3.05) is 0 Å². The van der Waals surface area contributed by atoms with Crippen molar-refractivity contribution in [2.24, 2.45) is 46.7 Å². The number of rotatable bonds is 1. The van der Waals surface area contributed by atoms with Crippen molar-refractivity contribution >= 4 is 0 Å². The summed E-state index contributed by atoms with van der Waals surface area (Å²) in [7, 11) is 0. The molecule has 0 aromatic heterocycles. The van der Waals surface area contributed by atoms with E-state index in [-0.39, 0.29) is 5.41 Å². The quantitative estimate of drug-likeness (QED) is 0.687. The van der Waals surface area contributed by atoms with Crippen molar-refractivity contribution in [1.82, 2.24) is 0 Å². The second kappa shape index (κ2) is 6.10. The van der Waals surface area contributed by atoms with Crippen LogP contribution in [0.1, 0.15) is 71.6 Å². The Labute approximate surface area is 155 Å². The molecule has 1 unspecified atom stereocenters. The Morgan fingerprint density at radius 3 is 2.31 bits per heavy atom. The summed E-state index contributed by atoms with van der Waals surface area (Å²) in [6.45, 7) is 4.07. The van der Waals surface area contributed by atoms with Gasteiger partial charge in [-0.3, -0.25) is 0 Å². The van der Waals surface area contributed by atoms with Gasteiger partial charge in [0.1, 0.15) is 6.04 Å². The molecule has 0 bridgehead atoms. The molecule has 0 aromatic rings. The molecule has 0 amide bonds. The summed E-state index contributed by atoms with van der Waals surface area (Å²) in [5.74, 6) is 2.50. The number of alkyl halides is 3. The summed E-state index contributed by atoms with van der Waals surface area (Å²) >= 11 is 0. The van der Waals surface area contributed by atoms with Crippen molar-refractivity contribution in [3.05, 3.63) is 0 Å². The van der Waals surface area contributed by atoms with Gasteiger partial charge in [-0.1, -0.05) is 6.92 Å². The molecule has 4 aliphatic rings. The highest BCUT2D eigenvalue weighted by atomic mass is 19.4. The SMILES string of the molecule is C[C@@]1(O)CC[C@H]2[C@H](CC[C@@H]3[C@@H]2CC[C@]2(C)[C@@H](C(N)C(F)(F)F)CC[C@@H]32)C1. The van der Waals surface area contributed by atoms with Gasteiger partial charge >= 0.3 is 6.18 Å². The Balaban J connectivity index is 1.53. The highest BCUT2D eigenvalue weighted by Gasteiger charge is 2.61. The molecule has 0 spiro atoms. The van der Waals surface area contributed by atoms with E-state index in [0.717, 1.165) is 51.4 Å². The van der Waals surface area contributed by atoms with Crippen LogP contribution >= 0.6 is 0 Å². The maximum Gasteiger partial charge on any atom is 0.403 e. The second-order valence-corrected chi connectivity index (χ2v) is 10.5. The zero-order valence-corrected chi connectivity index (χ0v) is 16.1. The predicted octanol–water partition coefficient (Wildman–Crippen LogP) is 4.90. The predicted molar refractivity (Wildman–Crippen MR) is 95.3 cm³/mol. The van der Waals surface area contributed by atoms with Crippen LogP contribution in [0, 0.1) is 40.9 Å². The lowest BCUT2D eigenvalue weighted by molar-refractivity contribution is -0.174. The van der Waals surface area contributed by atoms with Gasteiger partial charge in [-0.25, -0.2) is 0 Å². The van der Waals surface area contributed by atoms with Crippen LogP contribution < -0.4 is 5.73 Å². The molecule has 26 heavy (non-hydrogen) atoms. The van der Waals surface area contributed by atoms with Crippen molar-refractivity contribution in [2.45, 2.75) is 89.5 Å². The van der Waals surface area contributed by atoms with Crippen LogP contribution in [-0.4, -0.2) is 22.9 Å². The zero-order chi connectivity index (χ0) is 18.9. The van der Waals surface area contributed by atoms with E-state index in [1.807, 2.05) is 6.92 Å². The van der Waals surface area contributed by atoms with E-state index in [9.17, 15) is 18.3 Å². The van der Waals surface area contributed by atoms with Crippen molar-refractivity contribution in [3.8, 4) is 0 Å². The van der Waals surface area contributed by atoms with Crippen molar-refractivity contribution in [1.29, 1.82) is 0 Å². The molecular weight excluding hydrogens is 339 g/mol. The van der Waals surface area contributed by atoms with Crippen LogP contribution in [0.15, 0.2) is 0 Å². The number of fused-ring (bicyclic) bond motifs is 5. The van der Waals surface area contributed by atoms with E-state index in [0.29, 0.717) is 36.0 Å². The van der Waals surface area contributed by atoms with E-state index in [1.165, 1.54) is 0 Å². The number of hydrogen-bond acceptors (Lipinski definition) is 2. The highest BCUT2D eigenvalue weighted by Crippen LogP contribution is 2.65. The minimum atomic E-state index is -4.29. The van der Waals surface area contributed by atoms with Gasteiger partial charge in [-0.05, 0) is 106 Å². The largest absolute Gasteiger partial charge is 0.403 e. The highest BCUT2D eigenvalue weighted by molar-refractivity contribution is 5.09. The van der Waals surface area contributed by atoms with Crippen LogP contribution in [0.3, 0.4) is 0 Å². The van der Waals surface area contributed by atoms with Crippen LogP contribution in [-0.2, 0) is 0 Å². The summed E-state index contributed by atoms with van der Waals surface area (Å²) < 4.78 is 39.9. The van der Waals surface area contributed by atoms with Gasteiger partial charge in [0, 0.05) is 0 Å². The van der Waals surface area contributed by atoms with Crippen molar-refractivity contribution in [3.63, 3.8) is 0 Å². The Bertz CT molecular complexity index is 548. The molecule has 0 aromatic carbocycles. The molecule has 150 valence electrons. The third-order valence-electron chi connectivity index (χ3n) is 9.12. The molecule has 0 saturated heterocycles. The smallest absolute Gasteiger partial charge is 0.390 e.